The fourth-order valence-electron chi connectivity index (χ4n) is 0.856. The van der Waals surface area contributed by atoms with Gasteiger partial charge in [-0.3, -0.25) is 0 Å². The minimum atomic E-state index is -3.33. The number of hydrogen-bond donors (Lipinski definition) is 0. The molecule has 0 fully saturated rings. The van der Waals surface area contributed by atoms with Crippen molar-refractivity contribution in [2.75, 3.05) is 13.4 Å². The Kier molecular flexibility index (Phi) is 2.92. The summed E-state index contributed by atoms with van der Waals surface area (Å²) in [7, 11) is -1.93. The van der Waals surface area contributed by atoms with Gasteiger partial charge >= 0.3 is 0 Å². The van der Waals surface area contributed by atoms with E-state index < -0.39 is 9.84 Å². The van der Waals surface area contributed by atoms with Crippen LogP contribution < -0.4 is 4.74 Å². The second-order valence-electron chi connectivity index (χ2n) is 2.40. The zero-order valence-electron chi connectivity index (χ0n) is 7.11. The average Bonchev–Trinajstić information content (AvgIpc) is 2.02. The van der Waals surface area contributed by atoms with Gasteiger partial charge in [0.25, 0.3) is 0 Å². The molecule has 0 saturated heterocycles. The first-order valence-electron chi connectivity index (χ1n) is 3.35. The monoisotopic (exact) mass is 265 g/mol. The molecule has 0 aliphatic carbocycles. The summed E-state index contributed by atoms with van der Waals surface area (Å²) in [6.45, 7) is 0. The lowest BCUT2D eigenvalue weighted by atomic mass is 10.5. The van der Waals surface area contributed by atoms with Gasteiger partial charge in [-0.25, -0.2) is 13.4 Å². The lowest BCUT2D eigenvalue weighted by Crippen LogP contribution is -2.03. The number of halogens is 1. The van der Waals surface area contributed by atoms with Gasteiger partial charge in [-0.05, 0) is 22.0 Å². The van der Waals surface area contributed by atoms with E-state index in [4.69, 9.17) is 4.74 Å². The quantitative estimate of drug-likeness (QED) is 0.808. The Morgan fingerprint density at radius 2 is 2.15 bits per heavy atom. The lowest BCUT2D eigenvalue weighted by Gasteiger charge is -2.06. The number of aromatic nitrogens is 1. The molecule has 6 heteroatoms. The molecule has 0 bridgehead atoms. The molecule has 1 rings (SSSR count). The van der Waals surface area contributed by atoms with Crippen LogP contribution in [0.4, 0.5) is 0 Å². The van der Waals surface area contributed by atoms with Crippen LogP contribution in [-0.2, 0) is 9.84 Å². The van der Waals surface area contributed by atoms with Gasteiger partial charge in [0.2, 0.25) is 0 Å². The molecule has 0 N–H and O–H groups in total. The first-order chi connectivity index (χ1) is 5.96. The highest BCUT2D eigenvalue weighted by Gasteiger charge is 2.17. The van der Waals surface area contributed by atoms with E-state index in [1.807, 2.05) is 0 Å². The van der Waals surface area contributed by atoms with Crippen LogP contribution >= 0.6 is 15.9 Å². The minimum Gasteiger partial charge on any atom is -0.493 e. The van der Waals surface area contributed by atoms with E-state index in [0.29, 0.717) is 4.47 Å². The largest absolute Gasteiger partial charge is 0.493 e. The van der Waals surface area contributed by atoms with Crippen LogP contribution in [0.15, 0.2) is 21.8 Å². The second-order valence-corrected chi connectivity index (χ2v) is 5.19. The molecule has 1 aromatic heterocycles. The Labute approximate surface area is 85.0 Å². The summed E-state index contributed by atoms with van der Waals surface area (Å²) in [6, 6.07) is 1.62. The third kappa shape index (κ3) is 2.19. The van der Waals surface area contributed by atoms with Crippen LogP contribution in [0.3, 0.4) is 0 Å². The van der Waals surface area contributed by atoms with Gasteiger partial charge in [-0.15, -0.1) is 0 Å². The topological polar surface area (TPSA) is 56.3 Å². The van der Waals surface area contributed by atoms with Crippen molar-refractivity contribution in [1.29, 1.82) is 0 Å². The Balaban J connectivity index is 3.47. The Morgan fingerprint density at radius 3 is 2.54 bits per heavy atom. The summed E-state index contributed by atoms with van der Waals surface area (Å²) >= 11 is 3.17. The van der Waals surface area contributed by atoms with Gasteiger partial charge in [0.15, 0.2) is 20.6 Å². The normalized spacial score (nSPS) is 11.3. The van der Waals surface area contributed by atoms with Gasteiger partial charge in [-0.2, -0.15) is 0 Å². The van der Waals surface area contributed by atoms with Crippen molar-refractivity contribution in [3.63, 3.8) is 0 Å². The van der Waals surface area contributed by atoms with Gasteiger partial charge in [-0.1, -0.05) is 0 Å². The van der Waals surface area contributed by atoms with Crippen LogP contribution in [0.1, 0.15) is 0 Å². The van der Waals surface area contributed by atoms with E-state index in [0.717, 1.165) is 6.26 Å². The highest BCUT2D eigenvalue weighted by atomic mass is 79.9. The molecule has 0 radical (unpaired) electrons. The number of ether oxygens (including phenoxy) is 1. The fourth-order valence-corrected chi connectivity index (χ4v) is 2.24. The highest BCUT2D eigenvalue weighted by Crippen LogP contribution is 2.29. The number of nitrogens with zero attached hydrogens (tertiary/aromatic N) is 1. The van der Waals surface area contributed by atoms with E-state index in [2.05, 4.69) is 20.9 Å². The molecule has 0 atom stereocenters. The smallest absolute Gasteiger partial charge is 0.198 e. The molecule has 1 heterocycles. The number of sulfone groups is 1. The molecule has 0 spiro atoms. The fraction of sp³-hybridized carbons (Fsp3) is 0.286. The van der Waals surface area contributed by atoms with Crippen molar-refractivity contribution in [1.82, 2.24) is 4.98 Å². The van der Waals surface area contributed by atoms with Gasteiger partial charge in [0, 0.05) is 12.5 Å². The van der Waals surface area contributed by atoms with E-state index in [9.17, 15) is 8.42 Å². The molecule has 0 aromatic carbocycles. The first-order valence-corrected chi connectivity index (χ1v) is 6.04. The number of rotatable bonds is 2. The van der Waals surface area contributed by atoms with Gasteiger partial charge < -0.3 is 4.74 Å². The zero-order valence-corrected chi connectivity index (χ0v) is 9.52. The van der Waals surface area contributed by atoms with Crippen molar-refractivity contribution < 1.29 is 13.2 Å². The minimum absolute atomic E-state index is 0.0515. The molecule has 4 nitrogen and oxygen atoms in total. The lowest BCUT2D eigenvalue weighted by molar-refractivity contribution is 0.395. The third-order valence-electron chi connectivity index (χ3n) is 1.38. The molecule has 0 saturated carbocycles. The molecule has 0 amide bonds. The molecule has 13 heavy (non-hydrogen) atoms. The van der Waals surface area contributed by atoms with Crippen LogP contribution in [0.25, 0.3) is 0 Å². The van der Waals surface area contributed by atoms with Gasteiger partial charge in [0.1, 0.15) is 0 Å². The van der Waals surface area contributed by atoms with Crippen LogP contribution in [0.2, 0.25) is 0 Å². The average molecular weight is 266 g/mol. The van der Waals surface area contributed by atoms with Crippen molar-refractivity contribution in [2.24, 2.45) is 0 Å². The SMILES string of the molecule is COc1c(Br)ccnc1S(C)(=O)=O. The van der Waals surface area contributed by atoms with Crippen molar-refractivity contribution in [3.05, 3.63) is 16.7 Å². The third-order valence-corrected chi connectivity index (χ3v) is 3.00. The summed E-state index contributed by atoms with van der Waals surface area (Å²) in [5.74, 6) is 0.241. The maximum atomic E-state index is 11.2. The summed E-state index contributed by atoms with van der Waals surface area (Å²) < 4.78 is 27.9. The highest BCUT2D eigenvalue weighted by molar-refractivity contribution is 9.10. The van der Waals surface area contributed by atoms with Crippen molar-refractivity contribution in [3.8, 4) is 5.75 Å². The molecular formula is C7H8BrNO3S. The van der Waals surface area contributed by atoms with Crippen molar-refractivity contribution in [2.45, 2.75) is 5.03 Å². The van der Waals surface area contributed by atoms with Gasteiger partial charge in [0.05, 0.1) is 11.6 Å². The predicted molar refractivity (Wildman–Crippen MR) is 51.6 cm³/mol. The number of pyridine rings is 1. The Bertz CT molecular complexity index is 416. The molecule has 72 valence electrons. The molecule has 1 aromatic rings. The maximum Gasteiger partial charge on any atom is 0.198 e. The summed E-state index contributed by atoms with van der Waals surface area (Å²) in [4.78, 5) is 3.74. The summed E-state index contributed by atoms with van der Waals surface area (Å²) in [6.07, 6.45) is 2.49. The van der Waals surface area contributed by atoms with E-state index >= 15 is 0 Å². The van der Waals surface area contributed by atoms with Crippen molar-refractivity contribution >= 4 is 25.8 Å². The van der Waals surface area contributed by atoms with E-state index in [-0.39, 0.29) is 10.8 Å². The molecule has 0 unspecified atom stereocenters. The summed E-state index contributed by atoms with van der Waals surface area (Å²) in [5, 5.41) is -0.0515. The van der Waals surface area contributed by atoms with E-state index in [1.54, 1.807) is 6.07 Å². The van der Waals surface area contributed by atoms with Crippen LogP contribution in [0, 0.1) is 0 Å². The maximum absolute atomic E-state index is 11.2. The Hall–Kier alpha value is -0.620. The molecular weight excluding hydrogens is 258 g/mol. The molecule has 0 aliphatic heterocycles. The number of hydrogen-bond acceptors (Lipinski definition) is 4. The predicted octanol–water partition coefficient (Wildman–Crippen LogP) is 1.26. The standard InChI is InChI=1S/C7H8BrNO3S/c1-12-6-5(8)3-4-9-7(6)13(2,10)11/h3-4H,1-2H3. The van der Waals surface area contributed by atoms with Crippen LogP contribution in [-0.4, -0.2) is 26.8 Å². The zero-order chi connectivity index (χ0) is 10.1. The van der Waals surface area contributed by atoms with E-state index in [1.165, 1.54) is 13.3 Å². The first kappa shape index (κ1) is 10.5. The summed E-state index contributed by atoms with van der Waals surface area (Å²) in [5.41, 5.74) is 0. The molecule has 0 aliphatic rings. The Morgan fingerprint density at radius 1 is 1.54 bits per heavy atom. The van der Waals surface area contributed by atoms with Crippen LogP contribution in [0.5, 0.6) is 5.75 Å². The second kappa shape index (κ2) is 3.63. The number of methoxy groups -OCH3 is 1.